The molecule has 0 aromatic heterocycles. The van der Waals surface area contributed by atoms with E-state index in [4.69, 9.17) is 0 Å². The lowest BCUT2D eigenvalue weighted by Gasteiger charge is -1.92. The molecule has 58 valence electrons. The minimum Gasteiger partial charge on any atom is -0.315 e. The third-order valence-electron chi connectivity index (χ3n) is 0.775. The highest BCUT2D eigenvalue weighted by atomic mass is 127. The summed E-state index contributed by atoms with van der Waals surface area (Å²) < 4.78 is 12.5. The van der Waals surface area contributed by atoms with Crippen LogP contribution >= 0.6 is 22.6 Å². The highest BCUT2D eigenvalue weighted by Gasteiger charge is 1.83. The topological polar surface area (TPSA) is 24.4 Å². The van der Waals surface area contributed by atoms with Gasteiger partial charge in [-0.05, 0) is 35.7 Å². The average Bonchev–Trinajstić information content (AvgIpc) is 1.89. The van der Waals surface area contributed by atoms with Gasteiger partial charge in [0.05, 0.1) is 0 Å². The Balaban J connectivity index is 3.56. The largest absolute Gasteiger partial charge is 0.315 e. The van der Waals surface area contributed by atoms with Crippen molar-refractivity contribution in [2.75, 3.05) is 20.4 Å². The number of hydrogen-bond donors (Lipinski definition) is 1. The van der Waals surface area contributed by atoms with Crippen LogP contribution in [0.15, 0.2) is 14.6 Å². The maximum absolute atomic E-state index is 11.4. The SMILES string of the molecule is CNC/C(I)=C/C=NCF. The summed E-state index contributed by atoms with van der Waals surface area (Å²) >= 11 is 2.17. The Labute approximate surface area is 73.7 Å². The molecule has 0 saturated carbocycles. The predicted molar refractivity (Wildman–Crippen MR) is 50.5 cm³/mol. The molecular weight excluding hydrogens is 246 g/mol. The van der Waals surface area contributed by atoms with Crippen molar-refractivity contribution in [2.24, 2.45) is 4.99 Å². The molecule has 4 heteroatoms. The lowest BCUT2D eigenvalue weighted by molar-refractivity contribution is 0.514. The van der Waals surface area contributed by atoms with Gasteiger partial charge in [0.15, 0.2) is 6.80 Å². The highest BCUT2D eigenvalue weighted by Crippen LogP contribution is 2.00. The molecule has 0 bridgehead atoms. The van der Waals surface area contributed by atoms with Gasteiger partial charge in [0.2, 0.25) is 0 Å². The van der Waals surface area contributed by atoms with Gasteiger partial charge in [-0.1, -0.05) is 0 Å². The van der Waals surface area contributed by atoms with Crippen molar-refractivity contribution in [3.05, 3.63) is 9.66 Å². The molecule has 0 atom stereocenters. The summed E-state index contributed by atoms with van der Waals surface area (Å²) in [6, 6.07) is 0. The highest BCUT2D eigenvalue weighted by molar-refractivity contribution is 14.1. The van der Waals surface area contributed by atoms with Gasteiger partial charge in [0, 0.05) is 16.3 Å². The van der Waals surface area contributed by atoms with Crippen LogP contribution in [-0.2, 0) is 0 Å². The molecule has 0 spiro atoms. The predicted octanol–water partition coefficient (Wildman–Crippen LogP) is 1.52. The number of allylic oxidation sites excluding steroid dienone is 1. The van der Waals surface area contributed by atoms with E-state index in [0.29, 0.717) is 0 Å². The van der Waals surface area contributed by atoms with E-state index >= 15 is 0 Å². The van der Waals surface area contributed by atoms with Gasteiger partial charge in [-0.15, -0.1) is 0 Å². The van der Waals surface area contributed by atoms with Gasteiger partial charge in [-0.25, -0.2) is 4.39 Å². The van der Waals surface area contributed by atoms with E-state index in [2.05, 4.69) is 32.9 Å². The summed E-state index contributed by atoms with van der Waals surface area (Å²) in [5.74, 6) is 0. The first-order valence-corrected chi connectivity index (χ1v) is 3.94. The minimum atomic E-state index is -0.639. The molecule has 0 heterocycles. The van der Waals surface area contributed by atoms with Crippen molar-refractivity contribution in [3.8, 4) is 0 Å². The first-order chi connectivity index (χ1) is 4.81. The summed E-state index contributed by atoms with van der Waals surface area (Å²) in [5, 5.41) is 2.96. The average molecular weight is 256 g/mol. The fraction of sp³-hybridized carbons (Fsp3) is 0.500. The van der Waals surface area contributed by atoms with Crippen molar-refractivity contribution in [1.82, 2.24) is 5.32 Å². The van der Waals surface area contributed by atoms with E-state index in [0.717, 1.165) is 10.1 Å². The summed E-state index contributed by atoms with van der Waals surface area (Å²) in [6.07, 6.45) is 3.25. The molecule has 2 nitrogen and oxygen atoms in total. The molecule has 0 amide bonds. The van der Waals surface area contributed by atoms with Crippen LogP contribution in [0.25, 0.3) is 0 Å². The number of nitrogens with one attached hydrogen (secondary N) is 1. The van der Waals surface area contributed by atoms with Gasteiger partial charge < -0.3 is 5.32 Å². The maximum Gasteiger partial charge on any atom is 0.179 e. The number of nitrogens with zero attached hydrogens (tertiary/aromatic N) is 1. The van der Waals surface area contributed by atoms with Crippen LogP contribution in [-0.4, -0.2) is 26.6 Å². The number of hydrogen-bond acceptors (Lipinski definition) is 2. The van der Waals surface area contributed by atoms with Crippen molar-refractivity contribution >= 4 is 28.8 Å². The second-order valence-electron chi connectivity index (χ2n) is 1.60. The van der Waals surface area contributed by atoms with Crippen LogP contribution in [0.1, 0.15) is 0 Å². The first kappa shape index (κ1) is 10.0. The van der Waals surface area contributed by atoms with Gasteiger partial charge in [0.1, 0.15) is 0 Å². The first-order valence-electron chi connectivity index (χ1n) is 2.86. The van der Waals surface area contributed by atoms with Gasteiger partial charge >= 0.3 is 0 Å². The van der Waals surface area contributed by atoms with Crippen molar-refractivity contribution in [1.29, 1.82) is 0 Å². The van der Waals surface area contributed by atoms with Crippen molar-refractivity contribution in [2.45, 2.75) is 0 Å². The normalized spacial score (nSPS) is 12.9. The molecule has 0 aromatic carbocycles. The summed E-state index contributed by atoms with van der Waals surface area (Å²) in [4.78, 5) is 3.39. The molecule has 0 saturated heterocycles. The summed E-state index contributed by atoms with van der Waals surface area (Å²) in [7, 11) is 1.86. The Morgan fingerprint density at radius 3 is 3.00 bits per heavy atom. The molecule has 0 aliphatic heterocycles. The third kappa shape index (κ3) is 6.15. The molecule has 0 unspecified atom stereocenters. The van der Waals surface area contributed by atoms with Gasteiger partial charge in [0.25, 0.3) is 0 Å². The number of likely N-dealkylation sites (N-methyl/N-ethyl adjacent to an activating group) is 1. The smallest absolute Gasteiger partial charge is 0.179 e. The molecule has 0 fully saturated rings. The molecule has 10 heavy (non-hydrogen) atoms. The zero-order chi connectivity index (χ0) is 7.82. The number of alkyl halides is 1. The lowest BCUT2D eigenvalue weighted by atomic mass is 10.5. The molecule has 0 aromatic rings. The second kappa shape index (κ2) is 7.14. The van der Waals surface area contributed by atoms with Gasteiger partial charge in [-0.2, -0.15) is 0 Å². The van der Waals surface area contributed by atoms with E-state index in [-0.39, 0.29) is 0 Å². The monoisotopic (exact) mass is 256 g/mol. The van der Waals surface area contributed by atoms with Gasteiger partial charge in [-0.3, -0.25) is 4.99 Å². The van der Waals surface area contributed by atoms with Crippen LogP contribution in [0.5, 0.6) is 0 Å². The summed E-state index contributed by atoms with van der Waals surface area (Å²) in [5.41, 5.74) is 0. The Hall–Kier alpha value is 0.0300. The van der Waals surface area contributed by atoms with Crippen LogP contribution in [0, 0.1) is 0 Å². The Morgan fingerprint density at radius 1 is 1.80 bits per heavy atom. The zero-order valence-electron chi connectivity index (χ0n) is 5.77. The number of aliphatic imine (C=N–C) groups is 1. The third-order valence-corrected chi connectivity index (χ3v) is 1.52. The molecule has 0 rings (SSSR count). The fourth-order valence-corrected chi connectivity index (χ4v) is 0.943. The Kier molecular flexibility index (Phi) is 7.16. The van der Waals surface area contributed by atoms with Crippen LogP contribution < -0.4 is 5.32 Å². The molecule has 0 radical (unpaired) electrons. The molecule has 0 aliphatic rings. The van der Waals surface area contributed by atoms with Crippen LogP contribution in [0.2, 0.25) is 0 Å². The quantitative estimate of drug-likeness (QED) is 0.460. The minimum absolute atomic E-state index is 0.639. The van der Waals surface area contributed by atoms with Crippen LogP contribution in [0.4, 0.5) is 4.39 Å². The van der Waals surface area contributed by atoms with Crippen molar-refractivity contribution in [3.63, 3.8) is 0 Å². The molecule has 1 N–H and O–H groups in total. The molecule has 0 aliphatic carbocycles. The van der Waals surface area contributed by atoms with Crippen molar-refractivity contribution < 1.29 is 4.39 Å². The van der Waals surface area contributed by atoms with E-state index in [1.165, 1.54) is 6.21 Å². The van der Waals surface area contributed by atoms with Crippen LogP contribution in [0.3, 0.4) is 0 Å². The lowest BCUT2D eigenvalue weighted by Crippen LogP contribution is -2.07. The fourth-order valence-electron chi connectivity index (χ4n) is 0.401. The zero-order valence-corrected chi connectivity index (χ0v) is 7.93. The molecular formula is C6H10FIN2. The number of rotatable bonds is 4. The summed E-state index contributed by atoms with van der Waals surface area (Å²) in [6.45, 7) is 0.166. The number of halogens is 2. The van der Waals surface area contributed by atoms with E-state index in [1.807, 2.05) is 7.05 Å². The maximum atomic E-state index is 11.4. The Bertz CT molecular complexity index is 134. The Morgan fingerprint density at radius 2 is 2.50 bits per heavy atom. The van der Waals surface area contributed by atoms with E-state index < -0.39 is 6.80 Å². The standard InChI is InChI=1S/C6H10FIN2/c1-9-4-6(8)2-3-10-5-7/h2-3,9H,4-5H2,1H3/b6-2-,10-3?. The van der Waals surface area contributed by atoms with E-state index in [1.54, 1.807) is 6.08 Å². The van der Waals surface area contributed by atoms with E-state index in [9.17, 15) is 4.39 Å². The second-order valence-corrected chi connectivity index (χ2v) is 2.98.